The molecule has 1 aliphatic carbocycles. The van der Waals surface area contributed by atoms with E-state index in [4.69, 9.17) is 4.74 Å². The van der Waals surface area contributed by atoms with Gasteiger partial charge in [0.2, 0.25) is 27.7 Å². The van der Waals surface area contributed by atoms with Crippen LogP contribution in [0.25, 0.3) is 0 Å². The summed E-state index contributed by atoms with van der Waals surface area (Å²) in [5.74, 6) is -1.17. The second-order valence-corrected chi connectivity index (χ2v) is 10.6. The van der Waals surface area contributed by atoms with Gasteiger partial charge >= 0.3 is 0 Å². The maximum Gasteiger partial charge on any atom is 0.243 e. The summed E-state index contributed by atoms with van der Waals surface area (Å²) in [7, 11) is -3.68. The highest BCUT2D eigenvalue weighted by Crippen LogP contribution is 2.38. The topological polar surface area (TPSA) is 113 Å². The standard InChI is InChI=1S/C22H29N3O6S/c1-15-6-7-16(32(29,30)24-10-12-31-13-11-24)14-19(15)23-20(26)8-9-25-21(27)17-4-2-3-5-18(17)22(25)28/h6-7,14,17-18H,2-5,8-13H2,1H3,(H,23,26). The molecule has 0 radical (unpaired) electrons. The van der Waals surface area contributed by atoms with Gasteiger partial charge in [0.1, 0.15) is 0 Å². The van der Waals surface area contributed by atoms with E-state index in [0.717, 1.165) is 31.2 Å². The van der Waals surface area contributed by atoms with Gasteiger partial charge in [-0.25, -0.2) is 8.42 Å². The van der Waals surface area contributed by atoms with E-state index >= 15 is 0 Å². The number of morpholine rings is 1. The minimum absolute atomic E-state index is 0.0310. The van der Waals surface area contributed by atoms with Crippen LogP contribution in [0.15, 0.2) is 23.1 Å². The van der Waals surface area contributed by atoms with E-state index in [1.54, 1.807) is 13.0 Å². The lowest BCUT2D eigenvalue weighted by atomic mass is 9.81. The van der Waals surface area contributed by atoms with Crippen molar-refractivity contribution in [1.29, 1.82) is 0 Å². The van der Waals surface area contributed by atoms with Crippen molar-refractivity contribution in [3.05, 3.63) is 23.8 Å². The van der Waals surface area contributed by atoms with Crippen molar-refractivity contribution in [2.24, 2.45) is 11.8 Å². The molecule has 1 aromatic rings. The fraction of sp³-hybridized carbons (Fsp3) is 0.591. The molecule has 174 valence electrons. The summed E-state index contributed by atoms with van der Waals surface area (Å²) in [5, 5.41) is 2.75. The van der Waals surface area contributed by atoms with E-state index in [0.29, 0.717) is 18.9 Å². The molecule has 4 rings (SSSR count). The second-order valence-electron chi connectivity index (χ2n) is 8.62. The maximum absolute atomic E-state index is 12.9. The minimum Gasteiger partial charge on any atom is -0.379 e. The third-order valence-electron chi connectivity index (χ3n) is 6.59. The third-order valence-corrected chi connectivity index (χ3v) is 8.48. The number of anilines is 1. The van der Waals surface area contributed by atoms with Crippen molar-refractivity contribution in [2.75, 3.05) is 38.2 Å². The average Bonchev–Trinajstić information content (AvgIpc) is 3.04. The molecule has 1 aromatic carbocycles. The van der Waals surface area contributed by atoms with Crippen LogP contribution in [0.5, 0.6) is 0 Å². The largest absolute Gasteiger partial charge is 0.379 e. The van der Waals surface area contributed by atoms with Crippen LogP contribution < -0.4 is 5.32 Å². The number of hydrogen-bond acceptors (Lipinski definition) is 6. The molecule has 3 amide bonds. The number of ether oxygens (including phenoxy) is 1. The number of rotatable bonds is 6. The SMILES string of the molecule is Cc1ccc(S(=O)(=O)N2CCOCC2)cc1NC(=O)CCN1C(=O)C2CCCCC2C1=O. The van der Waals surface area contributed by atoms with Crippen molar-refractivity contribution in [3.63, 3.8) is 0 Å². The van der Waals surface area contributed by atoms with Gasteiger partial charge in [-0.05, 0) is 37.5 Å². The van der Waals surface area contributed by atoms with Gasteiger partial charge in [0, 0.05) is 31.7 Å². The normalized spacial score (nSPS) is 24.5. The zero-order valence-corrected chi connectivity index (χ0v) is 19.0. The number of aryl methyl sites for hydroxylation is 1. The molecular weight excluding hydrogens is 434 g/mol. The summed E-state index contributed by atoms with van der Waals surface area (Å²) in [6.45, 7) is 3.10. The van der Waals surface area contributed by atoms with Gasteiger partial charge in [0.25, 0.3) is 0 Å². The molecule has 2 saturated heterocycles. The van der Waals surface area contributed by atoms with Crippen LogP contribution in [0.4, 0.5) is 5.69 Å². The molecular formula is C22H29N3O6S. The quantitative estimate of drug-likeness (QED) is 0.640. The lowest BCUT2D eigenvalue weighted by Gasteiger charge is -2.26. The number of nitrogens with zero attached hydrogens (tertiary/aromatic N) is 2. The van der Waals surface area contributed by atoms with Gasteiger partial charge in [-0.2, -0.15) is 4.31 Å². The Labute approximate surface area is 188 Å². The van der Waals surface area contributed by atoms with E-state index in [1.807, 2.05) is 0 Å². The Hall–Kier alpha value is -2.30. The van der Waals surface area contributed by atoms with Gasteiger partial charge < -0.3 is 10.1 Å². The van der Waals surface area contributed by atoms with E-state index in [9.17, 15) is 22.8 Å². The molecule has 2 atom stereocenters. The van der Waals surface area contributed by atoms with Crippen molar-refractivity contribution >= 4 is 33.4 Å². The first kappa shape index (κ1) is 22.9. The average molecular weight is 464 g/mol. The highest BCUT2D eigenvalue weighted by Gasteiger charge is 2.47. The Morgan fingerprint density at radius 1 is 1.09 bits per heavy atom. The molecule has 3 fully saturated rings. The monoisotopic (exact) mass is 463 g/mol. The Morgan fingerprint density at radius 3 is 2.34 bits per heavy atom. The van der Waals surface area contributed by atoms with Crippen LogP contribution in [-0.4, -0.2) is 68.2 Å². The van der Waals surface area contributed by atoms with Crippen LogP contribution in [0.3, 0.4) is 0 Å². The number of carbonyl (C=O) groups excluding carboxylic acids is 3. The maximum atomic E-state index is 12.9. The Morgan fingerprint density at radius 2 is 1.72 bits per heavy atom. The Kier molecular flexibility index (Phi) is 6.64. The molecule has 3 aliphatic rings. The lowest BCUT2D eigenvalue weighted by molar-refractivity contribution is -0.140. The van der Waals surface area contributed by atoms with Gasteiger partial charge in [0.15, 0.2) is 0 Å². The van der Waals surface area contributed by atoms with Crippen molar-refractivity contribution in [1.82, 2.24) is 9.21 Å². The highest BCUT2D eigenvalue weighted by atomic mass is 32.2. The molecule has 2 unspecified atom stereocenters. The molecule has 0 spiro atoms. The van der Waals surface area contributed by atoms with Crippen molar-refractivity contribution in [2.45, 2.75) is 43.9 Å². The number of likely N-dealkylation sites (tertiary alicyclic amines) is 1. The number of benzene rings is 1. The summed E-state index contributed by atoms with van der Waals surface area (Å²) in [5.41, 5.74) is 1.12. The van der Waals surface area contributed by atoms with Crippen LogP contribution in [0, 0.1) is 18.8 Å². The Bertz CT molecular complexity index is 994. The zero-order valence-electron chi connectivity index (χ0n) is 18.2. The van der Waals surface area contributed by atoms with E-state index in [1.165, 1.54) is 21.3 Å². The van der Waals surface area contributed by atoms with Gasteiger partial charge in [-0.3, -0.25) is 19.3 Å². The van der Waals surface area contributed by atoms with Gasteiger partial charge in [0.05, 0.1) is 29.9 Å². The molecule has 1 N–H and O–H groups in total. The molecule has 10 heteroatoms. The first-order valence-corrected chi connectivity index (χ1v) is 12.6. The number of fused-ring (bicyclic) bond motifs is 1. The highest BCUT2D eigenvalue weighted by molar-refractivity contribution is 7.89. The third kappa shape index (κ3) is 4.44. The summed E-state index contributed by atoms with van der Waals surface area (Å²) in [6.07, 6.45) is 3.36. The number of hydrogen-bond donors (Lipinski definition) is 1. The summed E-state index contributed by atoms with van der Waals surface area (Å²) in [4.78, 5) is 39.1. The fourth-order valence-corrected chi connectivity index (χ4v) is 6.14. The molecule has 1 saturated carbocycles. The molecule has 0 aromatic heterocycles. The van der Waals surface area contributed by atoms with Crippen LogP contribution in [-0.2, 0) is 29.1 Å². The predicted molar refractivity (Wildman–Crippen MR) is 116 cm³/mol. The molecule has 32 heavy (non-hydrogen) atoms. The number of sulfonamides is 1. The summed E-state index contributed by atoms with van der Waals surface area (Å²) in [6, 6.07) is 4.64. The first-order valence-electron chi connectivity index (χ1n) is 11.1. The number of carbonyl (C=O) groups is 3. The first-order chi connectivity index (χ1) is 15.3. The molecule has 2 aliphatic heterocycles. The molecule has 0 bridgehead atoms. The van der Waals surface area contributed by atoms with E-state index < -0.39 is 10.0 Å². The smallest absolute Gasteiger partial charge is 0.243 e. The summed E-state index contributed by atoms with van der Waals surface area (Å²) < 4.78 is 32.4. The van der Waals surface area contributed by atoms with Crippen molar-refractivity contribution in [3.8, 4) is 0 Å². The van der Waals surface area contributed by atoms with Gasteiger partial charge in [-0.1, -0.05) is 18.9 Å². The fourth-order valence-electron chi connectivity index (χ4n) is 4.71. The number of imide groups is 1. The lowest BCUT2D eigenvalue weighted by Crippen LogP contribution is -2.40. The van der Waals surface area contributed by atoms with Crippen LogP contribution in [0.1, 0.15) is 37.7 Å². The zero-order chi connectivity index (χ0) is 22.9. The van der Waals surface area contributed by atoms with E-state index in [-0.39, 0.29) is 60.5 Å². The molecule has 2 heterocycles. The van der Waals surface area contributed by atoms with Crippen LogP contribution >= 0.6 is 0 Å². The number of nitrogens with one attached hydrogen (secondary N) is 1. The summed E-state index contributed by atoms with van der Waals surface area (Å²) >= 11 is 0. The molecule has 9 nitrogen and oxygen atoms in total. The second kappa shape index (κ2) is 9.29. The Balaban J connectivity index is 1.40. The number of amides is 3. The van der Waals surface area contributed by atoms with E-state index in [2.05, 4.69) is 5.32 Å². The predicted octanol–water partition coefficient (Wildman–Crippen LogP) is 1.52. The minimum atomic E-state index is -3.68. The van der Waals surface area contributed by atoms with Crippen molar-refractivity contribution < 1.29 is 27.5 Å². The van der Waals surface area contributed by atoms with Gasteiger partial charge in [-0.15, -0.1) is 0 Å². The van der Waals surface area contributed by atoms with Crippen LogP contribution in [0.2, 0.25) is 0 Å².